The Balaban J connectivity index is 2.45. The molecular weight excluding hydrogens is 294 g/mol. The monoisotopic (exact) mass is 303 g/mol. The Bertz CT molecular complexity index is 628. The smallest absolute Gasteiger partial charge is 0.266 e. The third-order valence-corrected chi connectivity index (χ3v) is 5.69. The van der Waals surface area contributed by atoms with Crippen molar-refractivity contribution in [3.63, 3.8) is 0 Å². The van der Waals surface area contributed by atoms with E-state index < -0.39 is 10.0 Å². The fourth-order valence-corrected chi connectivity index (χ4v) is 4.35. The second kappa shape index (κ2) is 5.21. The highest BCUT2D eigenvalue weighted by molar-refractivity contribution is 7.94. The van der Waals surface area contributed by atoms with E-state index in [1.807, 2.05) is 0 Å². The van der Waals surface area contributed by atoms with Crippen LogP contribution in [0, 0.1) is 0 Å². The maximum Gasteiger partial charge on any atom is 0.275 e. The van der Waals surface area contributed by atoms with E-state index in [-0.39, 0.29) is 8.68 Å². The number of nitrogens with zero attached hydrogens (tertiary/aromatic N) is 3. The molecule has 0 atom stereocenters. The summed E-state index contributed by atoms with van der Waals surface area (Å²) in [5, 5.41) is 0. The van der Waals surface area contributed by atoms with Crippen LogP contribution < -0.4 is 4.31 Å². The van der Waals surface area contributed by atoms with Crippen LogP contribution in [0.4, 0.5) is 5.69 Å². The Labute approximate surface area is 114 Å². The van der Waals surface area contributed by atoms with Crippen LogP contribution >= 0.6 is 22.9 Å². The van der Waals surface area contributed by atoms with Crippen LogP contribution in [-0.2, 0) is 10.0 Å². The van der Waals surface area contributed by atoms with Gasteiger partial charge in [0.25, 0.3) is 10.0 Å². The molecule has 0 radical (unpaired) electrons. The van der Waals surface area contributed by atoms with Gasteiger partial charge in [-0.05, 0) is 19.1 Å². The normalized spacial score (nSPS) is 11.4. The van der Waals surface area contributed by atoms with Gasteiger partial charge < -0.3 is 0 Å². The zero-order valence-electron chi connectivity index (χ0n) is 9.45. The minimum absolute atomic E-state index is 0.131. The highest BCUT2D eigenvalue weighted by atomic mass is 35.5. The molecule has 5 nitrogen and oxygen atoms in total. The first-order valence-electron chi connectivity index (χ1n) is 5.10. The van der Waals surface area contributed by atoms with Gasteiger partial charge in [-0.25, -0.2) is 13.4 Å². The Morgan fingerprint density at radius 3 is 2.56 bits per heavy atom. The Hall–Kier alpha value is -1.18. The van der Waals surface area contributed by atoms with Crippen LogP contribution in [-0.4, -0.2) is 24.9 Å². The first-order chi connectivity index (χ1) is 8.55. The van der Waals surface area contributed by atoms with Gasteiger partial charge in [-0.3, -0.25) is 9.29 Å². The standard InChI is InChI=1S/C10H10ClN3O2S2/c1-2-14(8-3-5-12-6-4-8)18(15,16)9-7-13-10(11)17-9/h3-7H,2H2,1H3. The molecule has 0 aliphatic carbocycles. The van der Waals surface area contributed by atoms with E-state index in [9.17, 15) is 8.42 Å². The van der Waals surface area contributed by atoms with Crippen molar-refractivity contribution >= 4 is 38.6 Å². The van der Waals surface area contributed by atoms with Crippen LogP contribution in [0.25, 0.3) is 0 Å². The molecule has 0 aliphatic rings. The van der Waals surface area contributed by atoms with Crippen LogP contribution in [0.1, 0.15) is 6.92 Å². The van der Waals surface area contributed by atoms with Gasteiger partial charge in [-0.1, -0.05) is 22.9 Å². The average Bonchev–Trinajstić information content (AvgIpc) is 2.78. The zero-order chi connectivity index (χ0) is 13.2. The third kappa shape index (κ3) is 2.47. The maximum atomic E-state index is 12.4. The van der Waals surface area contributed by atoms with Crippen LogP contribution in [0.2, 0.25) is 4.47 Å². The summed E-state index contributed by atoms with van der Waals surface area (Å²) in [6.45, 7) is 2.09. The molecule has 2 aromatic heterocycles. The molecule has 96 valence electrons. The molecule has 0 unspecified atom stereocenters. The molecule has 2 aromatic rings. The van der Waals surface area contributed by atoms with Crippen molar-refractivity contribution in [3.8, 4) is 0 Å². The first-order valence-corrected chi connectivity index (χ1v) is 7.73. The SMILES string of the molecule is CCN(c1ccncc1)S(=O)(=O)c1cnc(Cl)s1. The lowest BCUT2D eigenvalue weighted by Gasteiger charge is -2.21. The van der Waals surface area contributed by atoms with Crippen LogP contribution in [0.5, 0.6) is 0 Å². The quantitative estimate of drug-likeness (QED) is 0.870. The van der Waals surface area contributed by atoms with E-state index in [1.54, 1.807) is 31.5 Å². The Morgan fingerprint density at radius 1 is 1.39 bits per heavy atom. The van der Waals surface area contributed by atoms with Crippen LogP contribution in [0.3, 0.4) is 0 Å². The van der Waals surface area contributed by atoms with E-state index in [0.29, 0.717) is 12.2 Å². The maximum absolute atomic E-state index is 12.4. The number of thiazole rings is 1. The molecule has 0 N–H and O–H groups in total. The molecule has 0 saturated heterocycles. The number of anilines is 1. The van der Waals surface area contributed by atoms with Crippen molar-refractivity contribution < 1.29 is 8.42 Å². The van der Waals surface area contributed by atoms with Gasteiger partial charge in [-0.2, -0.15) is 0 Å². The van der Waals surface area contributed by atoms with Gasteiger partial charge in [0.1, 0.15) is 0 Å². The van der Waals surface area contributed by atoms with Crippen molar-refractivity contribution in [1.82, 2.24) is 9.97 Å². The summed E-state index contributed by atoms with van der Waals surface area (Å²) >= 11 is 6.62. The van der Waals surface area contributed by atoms with Gasteiger partial charge in [-0.15, -0.1) is 0 Å². The minimum atomic E-state index is -3.61. The highest BCUT2D eigenvalue weighted by Gasteiger charge is 2.25. The lowest BCUT2D eigenvalue weighted by molar-refractivity contribution is 0.593. The lowest BCUT2D eigenvalue weighted by Crippen LogP contribution is -2.30. The number of sulfonamides is 1. The van der Waals surface area contributed by atoms with E-state index in [1.165, 1.54) is 10.5 Å². The summed E-state index contributed by atoms with van der Waals surface area (Å²) in [6.07, 6.45) is 4.37. The molecule has 0 aromatic carbocycles. The summed E-state index contributed by atoms with van der Waals surface area (Å²) in [4.78, 5) is 7.63. The summed E-state index contributed by atoms with van der Waals surface area (Å²) < 4.78 is 26.4. The molecule has 0 aliphatic heterocycles. The first kappa shape index (κ1) is 13.3. The molecule has 8 heteroatoms. The fraction of sp³-hybridized carbons (Fsp3) is 0.200. The predicted molar refractivity (Wildman–Crippen MR) is 71.6 cm³/mol. The molecule has 2 heterocycles. The van der Waals surface area contributed by atoms with E-state index in [2.05, 4.69) is 9.97 Å². The van der Waals surface area contributed by atoms with Crippen molar-refractivity contribution in [2.45, 2.75) is 11.1 Å². The zero-order valence-corrected chi connectivity index (χ0v) is 11.8. The van der Waals surface area contributed by atoms with Gasteiger partial charge >= 0.3 is 0 Å². The third-order valence-electron chi connectivity index (χ3n) is 2.24. The van der Waals surface area contributed by atoms with Gasteiger partial charge in [0.15, 0.2) is 8.68 Å². The van der Waals surface area contributed by atoms with Crippen molar-refractivity contribution in [2.24, 2.45) is 0 Å². The topological polar surface area (TPSA) is 63.2 Å². The second-order valence-corrected chi connectivity index (χ2v) is 7.01. The van der Waals surface area contributed by atoms with Crippen molar-refractivity contribution in [3.05, 3.63) is 35.2 Å². The van der Waals surface area contributed by atoms with Gasteiger partial charge in [0, 0.05) is 18.9 Å². The van der Waals surface area contributed by atoms with E-state index >= 15 is 0 Å². The fourth-order valence-electron chi connectivity index (χ4n) is 1.47. The summed E-state index contributed by atoms with van der Waals surface area (Å²) in [5.74, 6) is 0. The molecule has 0 spiro atoms. The Morgan fingerprint density at radius 2 is 2.06 bits per heavy atom. The van der Waals surface area contributed by atoms with E-state index in [0.717, 1.165) is 11.3 Å². The minimum Gasteiger partial charge on any atom is -0.266 e. The van der Waals surface area contributed by atoms with Gasteiger partial charge in [0.2, 0.25) is 0 Å². The number of rotatable bonds is 4. The molecule has 0 amide bonds. The van der Waals surface area contributed by atoms with Gasteiger partial charge in [0.05, 0.1) is 11.9 Å². The largest absolute Gasteiger partial charge is 0.275 e. The molecule has 2 rings (SSSR count). The van der Waals surface area contributed by atoms with Crippen molar-refractivity contribution in [1.29, 1.82) is 0 Å². The Kier molecular flexibility index (Phi) is 3.84. The van der Waals surface area contributed by atoms with Crippen LogP contribution in [0.15, 0.2) is 34.9 Å². The second-order valence-electron chi connectivity index (χ2n) is 3.31. The summed E-state index contributed by atoms with van der Waals surface area (Å²) in [6, 6.07) is 3.29. The number of hydrogen-bond acceptors (Lipinski definition) is 5. The lowest BCUT2D eigenvalue weighted by atomic mass is 10.4. The number of halogens is 1. The molecular formula is C10H10ClN3O2S2. The highest BCUT2D eigenvalue weighted by Crippen LogP contribution is 2.28. The van der Waals surface area contributed by atoms with E-state index in [4.69, 9.17) is 11.6 Å². The number of pyridine rings is 1. The summed E-state index contributed by atoms with van der Waals surface area (Å²) in [5.41, 5.74) is 0.567. The number of aromatic nitrogens is 2. The molecule has 0 saturated carbocycles. The number of hydrogen-bond donors (Lipinski definition) is 0. The summed E-state index contributed by atoms with van der Waals surface area (Å²) in [7, 11) is -3.61. The molecule has 0 bridgehead atoms. The molecule has 0 fully saturated rings. The van der Waals surface area contributed by atoms with Crippen molar-refractivity contribution in [2.75, 3.05) is 10.8 Å². The molecule has 18 heavy (non-hydrogen) atoms. The average molecular weight is 304 g/mol. The predicted octanol–water partition coefficient (Wildman–Crippen LogP) is 2.41.